The number of ether oxygens (including phenoxy) is 1. The maximum Gasteiger partial charge on any atom is 0.134 e. The first-order valence-corrected chi connectivity index (χ1v) is 5.87. The van der Waals surface area contributed by atoms with Gasteiger partial charge in [-0.05, 0) is 18.6 Å². The van der Waals surface area contributed by atoms with E-state index < -0.39 is 0 Å². The molecule has 4 nitrogen and oxygen atoms in total. The van der Waals surface area contributed by atoms with E-state index in [9.17, 15) is 4.39 Å². The first-order chi connectivity index (χ1) is 8.72. The van der Waals surface area contributed by atoms with Gasteiger partial charge in [0.05, 0.1) is 35.5 Å². The Hall–Kier alpha value is -1.72. The fourth-order valence-corrected chi connectivity index (χ4v) is 2.41. The van der Waals surface area contributed by atoms with E-state index in [0.717, 1.165) is 23.2 Å². The molecule has 0 atom stereocenters. The average Bonchev–Trinajstić information content (AvgIpc) is 2.41. The van der Waals surface area contributed by atoms with Gasteiger partial charge in [0.15, 0.2) is 0 Å². The molecule has 2 heterocycles. The Morgan fingerprint density at radius 3 is 3.06 bits per heavy atom. The lowest BCUT2D eigenvalue weighted by molar-refractivity contribution is 0.110. The molecule has 0 amide bonds. The minimum Gasteiger partial charge on any atom is -0.376 e. The highest BCUT2D eigenvalue weighted by Crippen LogP contribution is 2.33. The number of pyridine rings is 1. The third-order valence-electron chi connectivity index (χ3n) is 3.35. The number of rotatable bonds is 1. The topological polar surface area (TPSA) is 60.2 Å². The van der Waals surface area contributed by atoms with Crippen LogP contribution in [-0.2, 0) is 17.8 Å². The molecule has 0 saturated carbocycles. The maximum absolute atomic E-state index is 14.0. The van der Waals surface area contributed by atoms with E-state index in [1.807, 2.05) is 6.92 Å². The molecule has 1 aromatic heterocycles. The van der Waals surface area contributed by atoms with Gasteiger partial charge in [-0.3, -0.25) is 10.8 Å². The molecule has 5 heteroatoms. The van der Waals surface area contributed by atoms with Crippen molar-refractivity contribution in [1.82, 2.24) is 4.98 Å². The maximum atomic E-state index is 14.0. The summed E-state index contributed by atoms with van der Waals surface area (Å²) in [5.41, 5.74) is 6.61. The lowest BCUT2D eigenvalue weighted by atomic mass is 10.0. The number of fused-ring (bicyclic) bond motifs is 2. The summed E-state index contributed by atoms with van der Waals surface area (Å²) in [6.07, 6.45) is 0.732. The predicted molar refractivity (Wildman–Crippen MR) is 67.6 cm³/mol. The Labute approximate surface area is 104 Å². The van der Waals surface area contributed by atoms with Gasteiger partial charge in [-0.25, -0.2) is 4.39 Å². The molecule has 2 aromatic rings. The summed E-state index contributed by atoms with van der Waals surface area (Å²) in [5.74, 6) is 5.24. The molecular formula is C13H14FN3O. The molecule has 3 rings (SSSR count). The van der Waals surface area contributed by atoms with Crippen LogP contribution in [0.4, 0.5) is 10.1 Å². The molecular weight excluding hydrogens is 233 g/mol. The normalized spacial score (nSPS) is 14.6. The number of nitrogens with two attached hydrogens (primary N) is 1. The quantitative estimate of drug-likeness (QED) is 0.598. The summed E-state index contributed by atoms with van der Waals surface area (Å²) in [4.78, 5) is 4.57. The van der Waals surface area contributed by atoms with Crippen LogP contribution in [0, 0.1) is 12.7 Å². The van der Waals surface area contributed by atoms with Crippen LogP contribution in [0.15, 0.2) is 12.1 Å². The number of aromatic nitrogens is 1. The Kier molecular flexibility index (Phi) is 2.65. The monoisotopic (exact) mass is 247 g/mol. The van der Waals surface area contributed by atoms with Crippen LogP contribution in [0.2, 0.25) is 0 Å². The number of halogens is 1. The second kappa shape index (κ2) is 4.19. The van der Waals surface area contributed by atoms with Crippen molar-refractivity contribution in [3.05, 3.63) is 34.8 Å². The van der Waals surface area contributed by atoms with Crippen LogP contribution in [0.25, 0.3) is 10.9 Å². The van der Waals surface area contributed by atoms with E-state index in [1.165, 1.54) is 6.07 Å². The van der Waals surface area contributed by atoms with Crippen molar-refractivity contribution in [1.29, 1.82) is 0 Å². The molecule has 0 unspecified atom stereocenters. The summed E-state index contributed by atoms with van der Waals surface area (Å²) in [6.45, 7) is 2.98. The van der Waals surface area contributed by atoms with Gasteiger partial charge in [0.25, 0.3) is 0 Å². The number of anilines is 1. The van der Waals surface area contributed by atoms with E-state index in [2.05, 4.69) is 10.4 Å². The van der Waals surface area contributed by atoms with E-state index in [4.69, 9.17) is 10.6 Å². The average molecular weight is 247 g/mol. The zero-order chi connectivity index (χ0) is 12.7. The van der Waals surface area contributed by atoms with Gasteiger partial charge >= 0.3 is 0 Å². The third-order valence-corrected chi connectivity index (χ3v) is 3.35. The van der Waals surface area contributed by atoms with Crippen LogP contribution in [0.5, 0.6) is 0 Å². The minimum absolute atomic E-state index is 0.315. The molecule has 0 fully saturated rings. The molecule has 1 aliphatic rings. The van der Waals surface area contributed by atoms with E-state index >= 15 is 0 Å². The number of nitrogen functional groups attached to an aromatic ring is 1. The van der Waals surface area contributed by atoms with Gasteiger partial charge in [-0.1, -0.05) is 6.07 Å². The molecule has 1 aliphatic heterocycles. The van der Waals surface area contributed by atoms with Crippen LogP contribution in [-0.4, -0.2) is 11.6 Å². The first kappa shape index (κ1) is 11.4. The highest BCUT2D eigenvalue weighted by Gasteiger charge is 2.20. The Morgan fingerprint density at radius 1 is 1.44 bits per heavy atom. The largest absolute Gasteiger partial charge is 0.376 e. The number of hydrogen-bond acceptors (Lipinski definition) is 4. The SMILES string of the molecule is Cc1ccc(F)c2c(NN)c3c(nc12)CCOC3. The smallest absolute Gasteiger partial charge is 0.134 e. The Morgan fingerprint density at radius 2 is 2.28 bits per heavy atom. The predicted octanol–water partition coefficient (Wildman–Crippen LogP) is 2.04. The number of hydrogen-bond donors (Lipinski definition) is 2. The fraction of sp³-hybridized carbons (Fsp3) is 0.308. The van der Waals surface area contributed by atoms with Crippen molar-refractivity contribution < 1.29 is 9.13 Å². The number of benzene rings is 1. The first-order valence-electron chi connectivity index (χ1n) is 5.87. The van der Waals surface area contributed by atoms with Crippen molar-refractivity contribution in [3.63, 3.8) is 0 Å². The van der Waals surface area contributed by atoms with Crippen LogP contribution in [0.3, 0.4) is 0 Å². The van der Waals surface area contributed by atoms with Gasteiger partial charge in [0.1, 0.15) is 5.82 Å². The molecule has 0 bridgehead atoms. The van der Waals surface area contributed by atoms with Crippen LogP contribution < -0.4 is 11.3 Å². The van der Waals surface area contributed by atoms with Crippen molar-refractivity contribution in [2.45, 2.75) is 20.0 Å². The molecule has 1 aromatic carbocycles. The van der Waals surface area contributed by atoms with Crippen LogP contribution >= 0.6 is 0 Å². The van der Waals surface area contributed by atoms with Crippen molar-refractivity contribution in [2.24, 2.45) is 5.84 Å². The number of nitrogens with one attached hydrogen (secondary N) is 1. The third kappa shape index (κ3) is 1.55. The Balaban J connectivity index is 2.44. The number of nitrogens with zero attached hydrogens (tertiary/aromatic N) is 1. The van der Waals surface area contributed by atoms with Gasteiger partial charge < -0.3 is 10.2 Å². The number of hydrazine groups is 1. The zero-order valence-electron chi connectivity index (χ0n) is 10.1. The lowest BCUT2D eigenvalue weighted by Gasteiger charge is -2.21. The van der Waals surface area contributed by atoms with Gasteiger partial charge in [0, 0.05) is 12.0 Å². The molecule has 0 radical (unpaired) electrons. The second-order valence-corrected chi connectivity index (χ2v) is 4.45. The van der Waals surface area contributed by atoms with Crippen molar-refractivity contribution in [3.8, 4) is 0 Å². The molecule has 0 aliphatic carbocycles. The zero-order valence-corrected chi connectivity index (χ0v) is 10.1. The van der Waals surface area contributed by atoms with E-state index in [-0.39, 0.29) is 5.82 Å². The van der Waals surface area contributed by atoms with Crippen molar-refractivity contribution >= 4 is 16.6 Å². The van der Waals surface area contributed by atoms with Crippen molar-refractivity contribution in [2.75, 3.05) is 12.0 Å². The Bertz CT molecular complexity index is 627. The molecule has 94 valence electrons. The molecule has 0 spiro atoms. The van der Waals surface area contributed by atoms with Gasteiger partial charge in [-0.15, -0.1) is 0 Å². The van der Waals surface area contributed by atoms with Gasteiger partial charge in [0.2, 0.25) is 0 Å². The summed E-state index contributed by atoms with van der Waals surface area (Å²) in [6, 6.07) is 3.17. The molecule has 0 saturated heterocycles. The second-order valence-electron chi connectivity index (χ2n) is 4.45. The summed E-state index contributed by atoms with van der Waals surface area (Å²) >= 11 is 0. The summed E-state index contributed by atoms with van der Waals surface area (Å²) in [7, 11) is 0. The number of aryl methyl sites for hydroxylation is 1. The molecule has 3 N–H and O–H groups in total. The summed E-state index contributed by atoms with van der Waals surface area (Å²) < 4.78 is 19.4. The standard InChI is InChI=1S/C13H14FN3O/c1-7-2-3-9(14)11-12(7)16-10-4-5-18-6-8(10)13(11)17-15/h2-3H,4-6,15H2,1H3,(H,16,17). The van der Waals surface area contributed by atoms with Gasteiger partial charge in [-0.2, -0.15) is 0 Å². The van der Waals surface area contributed by atoms with Crippen LogP contribution in [0.1, 0.15) is 16.8 Å². The summed E-state index contributed by atoms with van der Waals surface area (Å²) in [5, 5.41) is 0.446. The molecule has 18 heavy (non-hydrogen) atoms. The highest BCUT2D eigenvalue weighted by molar-refractivity contribution is 5.95. The minimum atomic E-state index is -0.315. The highest BCUT2D eigenvalue weighted by atomic mass is 19.1. The van der Waals surface area contributed by atoms with E-state index in [0.29, 0.717) is 29.8 Å². The lowest BCUT2D eigenvalue weighted by Crippen LogP contribution is -2.18. The van der Waals surface area contributed by atoms with E-state index in [1.54, 1.807) is 6.07 Å². The fourth-order valence-electron chi connectivity index (χ4n) is 2.41.